The van der Waals surface area contributed by atoms with Crippen molar-refractivity contribution in [2.24, 2.45) is 0 Å². The fourth-order valence-electron chi connectivity index (χ4n) is 2.39. The van der Waals surface area contributed by atoms with E-state index in [-0.39, 0.29) is 23.8 Å². The van der Waals surface area contributed by atoms with Gasteiger partial charge in [-0.05, 0) is 30.0 Å². The van der Waals surface area contributed by atoms with E-state index in [1.54, 1.807) is 51.1 Å². The third-order valence-electron chi connectivity index (χ3n) is 3.50. The fourth-order valence-corrected chi connectivity index (χ4v) is 2.39. The first kappa shape index (κ1) is 18.0. The molecule has 0 saturated carbocycles. The summed E-state index contributed by atoms with van der Waals surface area (Å²) in [7, 11) is 0. The van der Waals surface area contributed by atoms with Crippen molar-refractivity contribution < 1.29 is 22.7 Å². The Morgan fingerprint density at radius 3 is 2.33 bits per heavy atom. The Morgan fingerprint density at radius 2 is 1.83 bits per heavy atom. The first-order chi connectivity index (χ1) is 11.3. The Kier molecular flexibility index (Phi) is 5.26. The van der Waals surface area contributed by atoms with Gasteiger partial charge in [-0.25, -0.2) is 9.78 Å². The van der Waals surface area contributed by atoms with Gasteiger partial charge < -0.3 is 4.74 Å². The van der Waals surface area contributed by atoms with E-state index in [4.69, 9.17) is 4.74 Å². The van der Waals surface area contributed by atoms with E-state index in [2.05, 4.69) is 4.98 Å². The standard InChI is InChI=1S/C18H18F3NO2/c1-4-24-17(23)15-13(11(2)3)10-14(12-8-6-5-7-9-12)16(22-15)18(19,20)21/h5-11H,4H2,1-3H3. The molecule has 3 nitrogen and oxygen atoms in total. The van der Waals surface area contributed by atoms with Gasteiger partial charge in [0.25, 0.3) is 0 Å². The summed E-state index contributed by atoms with van der Waals surface area (Å²) in [6.07, 6.45) is -4.68. The van der Waals surface area contributed by atoms with Gasteiger partial charge >= 0.3 is 12.1 Å². The molecular formula is C18H18F3NO2. The molecule has 0 radical (unpaired) electrons. The molecule has 0 atom stereocenters. The molecule has 128 valence electrons. The molecule has 2 aromatic rings. The van der Waals surface area contributed by atoms with Crippen LogP contribution in [0, 0.1) is 0 Å². The summed E-state index contributed by atoms with van der Waals surface area (Å²) in [6, 6.07) is 9.59. The Hall–Kier alpha value is -2.37. The molecule has 0 aliphatic rings. The maximum atomic E-state index is 13.5. The summed E-state index contributed by atoms with van der Waals surface area (Å²) in [5.74, 6) is -1.02. The maximum absolute atomic E-state index is 13.5. The molecule has 0 spiro atoms. The predicted octanol–water partition coefficient (Wildman–Crippen LogP) is 5.07. The van der Waals surface area contributed by atoms with Crippen LogP contribution in [0.15, 0.2) is 36.4 Å². The van der Waals surface area contributed by atoms with Crippen molar-refractivity contribution in [3.8, 4) is 11.1 Å². The van der Waals surface area contributed by atoms with E-state index >= 15 is 0 Å². The van der Waals surface area contributed by atoms with Gasteiger partial charge in [-0.2, -0.15) is 13.2 Å². The highest BCUT2D eigenvalue weighted by Crippen LogP contribution is 2.38. The Labute approximate surface area is 138 Å². The number of carbonyl (C=O) groups excluding carboxylic acids is 1. The number of aromatic nitrogens is 1. The second kappa shape index (κ2) is 7.03. The molecule has 0 bridgehead atoms. The van der Waals surface area contributed by atoms with Crippen LogP contribution >= 0.6 is 0 Å². The minimum Gasteiger partial charge on any atom is -0.461 e. The summed E-state index contributed by atoms with van der Waals surface area (Å²) >= 11 is 0. The molecule has 1 heterocycles. The Bertz CT molecular complexity index is 725. The lowest BCUT2D eigenvalue weighted by Crippen LogP contribution is -2.18. The number of halogens is 3. The lowest BCUT2D eigenvalue weighted by Gasteiger charge is -2.18. The van der Waals surface area contributed by atoms with E-state index in [1.165, 1.54) is 6.07 Å². The van der Waals surface area contributed by atoms with Crippen LogP contribution in [0.25, 0.3) is 11.1 Å². The number of nitrogens with zero attached hydrogens (tertiary/aromatic N) is 1. The molecule has 0 amide bonds. The lowest BCUT2D eigenvalue weighted by molar-refractivity contribution is -0.140. The Balaban J connectivity index is 2.75. The molecule has 0 N–H and O–H groups in total. The highest BCUT2D eigenvalue weighted by atomic mass is 19.4. The van der Waals surface area contributed by atoms with Crippen molar-refractivity contribution in [1.82, 2.24) is 4.98 Å². The normalized spacial score (nSPS) is 11.6. The van der Waals surface area contributed by atoms with Gasteiger partial charge in [-0.15, -0.1) is 0 Å². The number of hydrogen-bond donors (Lipinski definition) is 0. The van der Waals surface area contributed by atoms with Crippen molar-refractivity contribution in [1.29, 1.82) is 0 Å². The first-order valence-electron chi connectivity index (χ1n) is 7.60. The van der Waals surface area contributed by atoms with E-state index < -0.39 is 17.8 Å². The van der Waals surface area contributed by atoms with Crippen LogP contribution in [0.1, 0.15) is 48.4 Å². The van der Waals surface area contributed by atoms with Crippen LogP contribution in [0.3, 0.4) is 0 Å². The molecule has 0 aliphatic carbocycles. The van der Waals surface area contributed by atoms with Gasteiger partial charge in [0.15, 0.2) is 11.4 Å². The number of alkyl halides is 3. The molecule has 6 heteroatoms. The van der Waals surface area contributed by atoms with Gasteiger partial charge in [0, 0.05) is 5.56 Å². The average Bonchev–Trinajstić information content (AvgIpc) is 2.53. The van der Waals surface area contributed by atoms with Crippen LogP contribution in [0.5, 0.6) is 0 Å². The number of ether oxygens (including phenoxy) is 1. The average molecular weight is 337 g/mol. The molecule has 2 rings (SSSR count). The van der Waals surface area contributed by atoms with E-state index in [0.717, 1.165) is 0 Å². The van der Waals surface area contributed by atoms with Gasteiger partial charge in [-0.1, -0.05) is 44.2 Å². The topological polar surface area (TPSA) is 39.2 Å². The molecule has 0 unspecified atom stereocenters. The minimum absolute atomic E-state index is 0.0418. The molecule has 1 aromatic carbocycles. The number of esters is 1. The number of rotatable bonds is 4. The SMILES string of the molecule is CCOC(=O)c1nc(C(F)(F)F)c(-c2ccccc2)cc1C(C)C. The predicted molar refractivity (Wildman–Crippen MR) is 84.7 cm³/mol. The highest BCUT2D eigenvalue weighted by Gasteiger charge is 2.38. The summed E-state index contributed by atoms with van der Waals surface area (Å²) < 4.78 is 45.3. The van der Waals surface area contributed by atoms with Crippen LogP contribution < -0.4 is 0 Å². The molecular weight excluding hydrogens is 319 g/mol. The van der Waals surface area contributed by atoms with Gasteiger partial charge in [-0.3, -0.25) is 0 Å². The van der Waals surface area contributed by atoms with Crippen LogP contribution in [0.4, 0.5) is 13.2 Å². The van der Waals surface area contributed by atoms with Crippen molar-refractivity contribution >= 4 is 5.97 Å². The smallest absolute Gasteiger partial charge is 0.433 e. The zero-order valence-electron chi connectivity index (χ0n) is 13.6. The number of benzene rings is 1. The van der Waals surface area contributed by atoms with Crippen LogP contribution in [-0.4, -0.2) is 17.6 Å². The third kappa shape index (κ3) is 3.75. The summed E-state index contributed by atoms with van der Waals surface area (Å²) in [5, 5.41) is 0. The van der Waals surface area contributed by atoms with Crippen molar-refractivity contribution in [3.63, 3.8) is 0 Å². The lowest BCUT2D eigenvalue weighted by atomic mass is 9.94. The number of carbonyl (C=O) groups is 1. The summed E-state index contributed by atoms with van der Waals surface area (Å²) in [5.41, 5.74) is -0.574. The van der Waals surface area contributed by atoms with E-state index in [9.17, 15) is 18.0 Å². The molecule has 24 heavy (non-hydrogen) atoms. The molecule has 0 aliphatic heterocycles. The molecule has 1 aromatic heterocycles. The van der Waals surface area contributed by atoms with E-state index in [0.29, 0.717) is 11.1 Å². The van der Waals surface area contributed by atoms with Crippen molar-refractivity contribution in [2.75, 3.05) is 6.61 Å². The zero-order valence-corrected chi connectivity index (χ0v) is 13.6. The van der Waals surface area contributed by atoms with Crippen molar-refractivity contribution in [2.45, 2.75) is 32.9 Å². The fraction of sp³-hybridized carbons (Fsp3) is 0.333. The summed E-state index contributed by atoms with van der Waals surface area (Å²) in [4.78, 5) is 15.7. The van der Waals surface area contributed by atoms with Gasteiger partial charge in [0.05, 0.1) is 6.61 Å². The Morgan fingerprint density at radius 1 is 1.21 bits per heavy atom. The quantitative estimate of drug-likeness (QED) is 0.731. The van der Waals surface area contributed by atoms with Crippen molar-refractivity contribution in [3.05, 3.63) is 53.3 Å². The van der Waals surface area contributed by atoms with E-state index in [1.807, 2.05) is 0 Å². The largest absolute Gasteiger partial charge is 0.461 e. The minimum atomic E-state index is -4.68. The first-order valence-corrected chi connectivity index (χ1v) is 7.60. The number of pyridine rings is 1. The third-order valence-corrected chi connectivity index (χ3v) is 3.50. The van der Waals surface area contributed by atoms with Crippen LogP contribution in [0.2, 0.25) is 0 Å². The summed E-state index contributed by atoms with van der Waals surface area (Å²) in [6.45, 7) is 5.25. The molecule has 0 saturated heterocycles. The second-order valence-corrected chi connectivity index (χ2v) is 5.56. The monoisotopic (exact) mass is 337 g/mol. The van der Waals surface area contributed by atoms with Gasteiger partial charge in [0.2, 0.25) is 0 Å². The maximum Gasteiger partial charge on any atom is 0.433 e. The molecule has 0 fully saturated rings. The highest BCUT2D eigenvalue weighted by molar-refractivity contribution is 5.90. The number of hydrogen-bond acceptors (Lipinski definition) is 3. The van der Waals surface area contributed by atoms with Gasteiger partial charge in [0.1, 0.15) is 0 Å². The van der Waals surface area contributed by atoms with Crippen LogP contribution in [-0.2, 0) is 10.9 Å². The zero-order chi connectivity index (χ0) is 17.9. The second-order valence-electron chi connectivity index (χ2n) is 5.56.